The van der Waals surface area contributed by atoms with Gasteiger partial charge in [0.1, 0.15) is 11.6 Å². The van der Waals surface area contributed by atoms with Crippen LogP contribution in [0.2, 0.25) is 0 Å². The van der Waals surface area contributed by atoms with E-state index < -0.39 is 0 Å². The van der Waals surface area contributed by atoms with Gasteiger partial charge in [0.15, 0.2) is 6.61 Å². The first-order valence-corrected chi connectivity index (χ1v) is 6.09. The van der Waals surface area contributed by atoms with Crippen LogP contribution in [0, 0.1) is 5.82 Å². The molecule has 1 saturated carbocycles. The highest BCUT2D eigenvalue weighted by atomic mass is 19.1. The number of benzene rings is 1. The molecule has 0 saturated heterocycles. The Morgan fingerprint density at radius 1 is 1.50 bits per heavy atom. The molecule has 0 atom stereocenters. The predicted octanol–water partition coefficient (Wildman–Crippen LogP) is 0.984. The highest BCUT2D eigenvalue weighted by Crippen LogP contribution is 2.21. The highest BCUT2D eigenvalue weighted by Gasteiger charge is 2.23. The molecule has 1 aliphatic carbocycles. The molecular formula is C13H17FN2O2. The van der Waals surface area contributed by atoms with Gasteiger partial charge >= 0.3 is 0 Å². The molecule has 1 aliphatic rings. The van der Waals surface area contributed by atoms with Crippen molar-refractivity contribution in [3.63, 3.8) is 0 Å². The molecule has 3 N–H and O–H groups in total. The van der Waals surface area contributed by atoms with Crippen molar-refractivity contribution >= 4 is 5.91 Å². The molecular weight excluding hydrogens is 235 g/mol. The van der Waals surface area contributed by atoms with Crippen molar-refractivity contribution in [1.82, 2.24) is 5.32 Å². The van der Waals surface area contributed by atoms with E-state index in [9.17, 15) is 9.18 Å². The van der Waals surface area contributed by atoms with Gasteiger partial charge in [-0.05, 0) is 49.6 Å². The number of rotatable bonds is 6. The zero-order valence-corrected chi connectivity index (χ0v) is 10.1. The Morgan fingerprint density at radius 2 is 2.28 bits per heavy atom. The van der Waals surface area contributed by atoms with E-state index in [-0.39, 0.29) is 18.3 Å². The summed E-state index contributed by atoms with van der Waals surface area (Å²) in [6.45, 7) is 0.369. The summed E-state index contributed by atoms with van der Waals surface area (Å²) in [5.41, 5.74) is 6.14. The summed E-state index contributed by atoms with van der Waals surface area (Å²) < 4.78 is 18.5. The number of amides is 1. The summed E-state index contributed by atoms with van der Waals surface area (Å²) in [5, 5.41) is 2.82. The largest absolute Gasteiger partial charge is 0.483 e. The van der Waals surface area contributed by atoms with E-state index in [0.717, 1.165) is 12.8 Å². The minimum atomic E-state index is -0.326. The number of nitrogens with two attached hydrogens (primary N) is 1. The molecule has 0 aliphatic heterocycles. The fourth-order valence-electron chi connectivity index (χ4n) is 1.68. The second-order valence-corrected chi connectivity index (χ2v) is 4.42. The molecule has 0 aromatic heterocycles. The minimum Gasteiger partial charge on any atom is -0.483 e. The van der Waals surface area contributed by atoms with Gasteiger partial charge in [-0.2, -0.15) is 0 Å². The monoisotopic (exact) mass is 252 g/mol. The Morgan fingerprint density at radius 3 is 2.94 bits per heavy atom. The highest BCUT2D eigenvalue weighted by molar-refractivity contribution is 5.78. The van der Waals surface area contributed by atoms with Crippen molar-refractivity contribution in [3.05, 3.63) is 29.6 Å². The van der Waals surface area contributed by atoms with Gasteiger partial charge in [0.2, 0.25) is 0 Å². The van der Waals surface area contributed by atoms with E-state index >= 15 is 0 Å². The van der Waals surface area contributed by atoms with Crippen molar-refractivity contribution in [3.8, 4) is 5.75 Å². The molecule has 98 valence electrons. The average molecular weight is 252 g/mol. The second kappa shape index (κ2) is 5.82. The molecule has 0 spiro atoms. The summed E-state index contributed by atoms with van der Waals surface area (Å²) in [6.07, 6.45) is 2.61. The lowest BCUT2D eigenvalue weighted by Crippen LogP contribution is -2.30. The molecule has 1 amide bonds. The lowest BCUT2D eigenvalue weighted by molar-refractivity contribution is -0.123. The van der Waals surface area contributed by atoms with E-state index in [1.54, 1.807) is 0 Å². The molecule has 0 bridgehead atoms. The molecule has 5 heteroatoms. The van der Waals surface area contributed by atoms with Crippen LogP contribution < -0.4 is 15.8 Å². The van der Waals surface area contributed by atoms with Crippen LogP contribution >= 0.6 is 0 Å². The molecule has 1 fully saturated rings. The molecule has 0 radical (unpaired) electrons. The van der Waals surface area contributed by atoms with Crippen LogP contribution in [0.25, 0.3) is 0 Å². The third kappa shape index (κ3) is 3.70. The van der Waals surface area contributed by atoms with Gasteiger partial charge in [-0.25, -0.2) is 4.39 Å². The zero-order chi connectivity index (χ0) is 13.0. The quantitative estimate of drug-likeness (QED) is 0.793. The topological polar surface area (TPSA) is 64.3 Å². The molecule has 1 aromatic rings. The first-order valence-electron chi connectivity index (χ1n) is 6.09. The first kappa shape index (κ1) is 12.8. The lowest BCUT2D eigenvalue weighted by Gasteiger charge is -2.11. The number of carbonyl (C=O) groups is 1. The Hall–Kier alpha value is -1.62. The summed E-state index contributed by atoms with van der Waals surface area (Å²) in [6, 6.07) is 4.55. The normalized spacial score (nSPS) is 14.3. The standard InChI is InChI=1S/C13H17FN2O2/c14-10-1-4-12(9(7-10)5-6-15)18-8-13(17)16-11-2-3-11/h1,4,7,11H,2-3,5-6,8,15H2,(H,16,17). The Bertz CT molecular complexity index is 433. The summed E-state index contributed by atoms with van der Waals surface area (Å²) >= 11 is 0. The molecule has 0 heterocycles. The van der Waals surface area contributed by atoms with Gasteiger partial charge in [0.25, 0.3) is 5.91 Å². The number of nitrogens with one attached hydrogen (secondary N) is 1. The minimum absolute atomic E-state index is 0.0420. The van der Waals surface area contributed by atoms with Crippen molar-refractivity contribution in [2.45, 2.75) is 25.3 Å². The van der Waals surface area contributed by atoms with E-state index in [0.29, 0.717) is 30.3 Å². The van der Waals surface area contributed by atoms with Gasteiger partial charge in [0, 0.05) is 6.04 Å². The number of hydrogen-bond acceptors (Lipinski definition) is 3. The fourth-order valence-corrected chi connectivity index (χ4v) is 1.68. The average Bonchev–Trinajstić information content (AvgIpc) is 3.12. The maximum Gasteiger partial charge on any atom is 0.258 e. The number of hydrogen-bond donors (Lipinski definition) is 2. The smallest absolute Gasteiger partial charge is 0.258 e. The van der Waals surface area contributed by atoms with Gasteiger partial charge < -0.3 is 15.8 Å². The third-order valence-electron chi connectivity index (χ3n) is 2.74. The van der Waals surface area contributed by atoms with Crippen molar-refractivity contribution in [2.24, 2.45) is 5.73 Å². The van der Waals surface area contributed by atoms with Crippen LogP contribution in [-0.2, 0) is 11.2 Å². The first-order chi connectivity index (χ1) is 8.69. The molecule has 1 aromatic carbocycles. The van der Waals surface area contributed by atoms with Gasteiger partial charge in [0.05, 0.1) is 0 Å². The van der Waals surface area contributed by atoms with Crippen LogP contribution in [-0.4, -0.2) is 25.1 Å². The summed E-state index contributed by atoms with van der Waals surface area (Å²) in [7, 11) is 0. The van der Waals surface area contributed by atoms with Gasteiger partial charge in [-0.15, -0.1) is 0 Å². The SMILES string of the molecule is NCCc1cc(F)ccc1OCC(=O)NC1CC1. The molecule has 18 heavy (non-hydrogen) atoms. The van der Waals surface area contributed by atoms with E-state index in [4.69, 9.17) is 10.5 Å². The van der Waals surface area contributed by atoms with Crippen LogP contribution in [0.3, 0.4) is 0 Å². The van der Waals surface area contributed by atoms with Crippen LogP contribution in [0.4, 0.5) is 4.39 Å². The van der Waals surface area contributed by atoms with E-state index in [1.165, 1.54) is 18.2 Å². The zero-order valence-electron chi connectivity index (χ0n) is 10.1. The van der Waals surface area contributed by atoms with Gasteiger partial charge in [-0.1, -0.05) is 0 Å². The lowest BCUT2D eigenvalue weighted by atomic mass is 10.1. The maximum absolute atomic E-state index is 13.1. The summed E-state index contributed by atoms with van der Waals surface area (Å²) in [5.74, 6) is 0.0570. The molecule has 4 nitrogen and oxygen atoms in total. The van der Waals surface area contributed by atoms with Crippen LogP contribution in [0.1, 0.15) is 18.4 Å². The van der Waals surface area contributed by atoms with E-state index in [2.05, 4.69) is 5.32 Å². The van der Waals surface area contributed by atoms with Crippen molar-refractivity contribution < 1.29 is 13.9 Å². The molecule has 2 rings (SSSR count). The second-order valence-electron chi connectivity index (χ2n) is 4.42. The number of ether oxygens (including phenoxy) is 1. The Balaban J connectivity index is 1.92. The third-order valence-corrected chi connectivity index (χ3v) is 2.74. The van der Waals surface area contributed by atoms with Crippen molar-refractivity contribution in [2.75, 3.05) is 13.2 Å². The van der Waals surface area contributed by atoms with E-state index in [1.807, 2.05) is 0 Å². The fraction of sp³-hybridized carbons (Fsp3) is 0.462. The molecule has 0 unspecified atom stereocenters. The van der Waals surface area contributed by atoms with Crippen LogP contribution in [0.15, 0.2) is 18.2 Å². The Labute approximate surface area is 105 Å². The number of halogens is 1. The maximum atomic E-state index is 13.1. The predicted molar refractivity (Wildman–Crippen MR) is 65.8 cm³/mol. The number of carbonyl (C=O) groups excluding carboxylic acids is 1. The summed E-state index contributed by atoms with van der Waals surface area (Å²) in [4.78, 5) is 11.5. The van der Waals surface area contributed by atoms with Crippen LogP contribution in [0.5, 0.6) is 5.75 Å². The van der Waals surface area contributed by atoms with Crippen molar-refractivity contribution in [1.29, 1.82) is 0 Å². The van der Waals surface area contributed by atoms with Gasteiger partial charge in [-0.3, -0.25) is 4.79 Å². The Kier molecular flexibility index (Phi) is 4.15.